The SMILES string of the molecule is COC(C)CNC(=O)c1nn[nH]n1. The van der Waals surface area contributed by atoms with E-state index >= 15 is 0 Å². The zero-order valence-corrected chi connectivity index (χ0v) is 7.44. The van der Waals surface area contributed by atoms with E-state index < -0.39 is 0 Å². The number of methoxy groups -OCH3 is 1. The molecule has 1 atom stereocenters. The second kappa shape index (κ2) is 4.51. The average molecular weight is 185 g/mol. The summed E-state index contributed by atoms with van der Waals surface area (Å²) >= 11 is 0. The van der Waals surface area contributed by atoms with Gasteiger partial charge in [-0.05, 0) is 12.1 Å². The Morgan fingerprint density at radius 3 is 3.08 bits per heavy atom. The fraction of sp³-hybridized carbons (Fsp3) is 0.667. The molecule has 0 saturated heterocycles. The predicted octanol–water partition coefficient (Wildman–Crippen LogP) is -1.04. The lowest BCUT2D eigenvalue weighted by Gasteiger charge is -2.08. The molecule has 7 heteroatoms. The monoisotopic (exact) mass is 185 g/mol. The number of tetrazole rings is 1. The van der Waals surface area contributed by atoms with Crippen LogP contribution in [0.3, 0.4) is 0 Å². The highest BCUT2D eigenvalue weighted by Crippen LogP contribution is 1.86. The molecule has 2 N–H and O–H groups in total. The largest absolute Gasteiger partial charge is 0.380 e. The Kier molecular flexibility index (Phi) is 3.32. The molecular weight excluding hydrogens is 174 g/mol. The number of ether oxygens (including phenoxy) is 1. The van der Waals surface area contributed by atoms with E-state index in [4.69, 9.17) is 4.74 Å². The number of hydrogen-bond donors (Lipinski definition) is 2. The highest BCUT2D eigenvalue weighted by Gasteiger charge is 2.10. The van der Waals surface area contributed by atoms with Gasteiger partial charge in [-0.25, -0.2) is 0 Å². The molecule has 0 saturated carbocycles. The van der Waals surface area contributed by atoms with Gasteiger partial charge in [0.05, 0.1) is 6.10 Å². The standard InChI is InChI=1S/C6H11N5O2/c1-4(13-2)3-7-6(12)5-8-10-11-9-5/h4H,3H2,1-2H3,(H,7,12)(H,8,9,10,11). The molecule has 1 unspecified atom stereocenters. The smallest absolute Gasteiger partial charge is 0.292 e. The summed E-state index contributed by atoms with van der Waals surface area (Å²) in [7, 11) is 1.57. The van der Waals surface area contributed by atoms with Crippen LogP contribution < -0.4 is 5.32 Å². The van der Waals surface area contributed by atoms with Gasteiger partial charge in [0.2, 0.25) is 0 Å². The van der Waals surface area contributed by atoms with E-state index in [0.29, 0.717) is 6.54 Å². The summed E-state index contributed by atoms with van der Waals surface area (Å²) in [6, 6.07) is 0. The first-order valence-corrected chi connectivity index (χ1v) is 3.78. The zero-order valence-electron chi connectivity index (χ0n) is 7.44. The first-order chi connectivity index (χ1) is 6.24. The molecule has 0 radical (unpaired) electrons. The highest BCUT2D eigenvalue weighted by atomic mass is 16.5. The van der Waals surface area contributed by atoms with Crippen molar-refractivity contribution in [1.82, 2.24) is 25.9 Å². The topological polar surface area (TPSA) is 92.8 Å². The molecule has 1 aromatic rings. The fourth-order valence-electron chi connectivity index (χ4n) is 0.657. The molecule has 0 bridgehead atoms. The Morgan fingerprint density at radius 2 is 2.54 bits per heavy atom. The Hall–Kier alpha value is -1.50. The molecule has 1 amide bonds. The van der Waals surface area contributed by atoms with Crippen molar-refractivity contribution < 1.29 is 9.53 Å². The molecule has 7 nitrogen and oxygen atoms in total. The Bertz CT molecular complexity index is 260. The van der Waals surface area contributed by atoms with Crippen molar-refractivity contribution in [2.24, 2.45) is 0 Å². The van der Waals surface area contributed by atoms with E-state index in [1.165, 1.54) is 0 Å². The number of aromatic nitrogens is 4. The number of rotatable bonds is 4. The van der Waals surface area contributed by atoms with Crippen molar-refractivity contribution in [3.8, 4) is 0 Å². The molecule has 1 aromatic heterocycles. The molecule has 1 heterocycles. The van der Waals surface area contributed by atoms with Gasteiger partial charge in [0.1, 0.15) is 0 Å². The second-order valence-electron chi connectivity index (χ2n) is 2.49. The maximum absolute atomic E-state index is 11.2. The van der Waals surface area contributed by atoms with Crippen molar-refractivity contribution in [2.75, 3.05) is 13.7 Å². The van der Waals surface area contributed by atoms with Gasteiger partial charge in [-0.3, -0.25) is 4.79 Å². The number of nitrogens with one attached hydrogen (secondary N) is 2. The van der Waals surface area contributed by atoms with Crippen LogP contribution in [0.5, 0.6) is 0 Å². The minimum atomic E-state index is -0.363. The molecular formula is C6H11N5O2. The molecule has 0 aliphatic heterocycles. The second-order valence-corrected chi connectivity index (χ2v) is 2.49. The Balaban J connectivity index is 2.35. The lowest BCUT2D eigenvalue weighted by molar-refractivity contribution is 0.0861. The predicted molar refractivity (Wildman–Crippen MR) is 43.0 cm³/mol. The molecule has 1 rings (SSSR count). The summed E-state index contributed by atoms with van der Waals surface area (Å²) < 4.78 is 4.94. The fourth-order valence-corrected chi connectivity index (χ4v) is 0.657. The van der Waals surface area contributed by atoms with E-state index in [-0.39, 0.29) is 17.8 Å². The van der Waals surface area contributed by atoms with Crippen LogP contribution in [-0.4, -0.2) is 46.3 Å². The lowest BCUT2D eigenvalue weighted by Crippen LogP contribution is -2.32. The minimum absolute atomic E-state index is 0.0308. The number of amides is 1. The van der Waals surface area contributed by atoms with Crippen molar-refractivity contribution in [3.05, 3.63) is 5.82 Å². The van der Waals surface area contributed by atoms with E-state index in [1.807, 2.05) is 6.92 Å². The Morgan fingerprint density at radius 1 is 1.77 bits per heavy atom. The van der Waals surface area contributed by atoms with Gasteiger partial charge in [0.15, 0.2) is 0 Å². The normalized spacial score (nSPS) is 12.5. The molecule has 0 fully saturated rings. The lowest BCUT2D eigenvalue weighted by atomic mass is 10.4. The first kappa shape index (κ1) is 9.59. The van der Waals surface area contributed by atoms with E-state index in [9.17, 15) is 4.79 Å². The quantitative estimate of drug-likeness (QED) is 0.625. The number of nitrogens with zero attached hydrogens (tertiary/aromatic N) is 3. The van der Waals surface area contributed by atoms with Crippen LogP contribution in [0, 0.1) is 0 Å². The summed E-state index contributed by atoms with van der Waals surface area (Å²) in [5.74, 6) is -0.332. The van der Waals surface area contributed by atoms with Gasteiger partial charge in [-0.1, -0.05) is 0 Å². The van der Waals surface area contributed by atoms with E-state index in [1.54, 1.807) is 7.11 Å². The van der Waals surface area contributed by atoms with Crippen LogP contribution in [-0.2, 0) is 4.74 Å². The van der Waals surface area contributed by atoms with Crippen LogP contribution in [0.4, 0.5) is 0 Å². The van der Waals surface area contributed by atoms with E-state index in [0.717, 1.165) is 0 Å². The van der Waals surface area contributed by atoms with Gasteiger partial charge in [-0.2, -0.15) is 5.21 Å². The van der Waals surface area contributed by atoms with E-state index in [2.05, 4.69) is 25.9 Å². The third kappa shape index (κ3) is 2.79. The maximum atomic E-state index is 11.2. The Labute approximate surface area is 74.9 Å². The summed E-state index contributed by atoms with van der Waals surface area (Å²) in [6.07, 6.45) is -0.0316. The summed E-state index contributed by atoms with van der Waals surface area (Å²) in [5, 5.41) is 15.1. The molecule has 0 aliphatic carbocycles. The van der Waals surface area contributed by atoms with Crippen molar-refractivity contribution in [1.29, 1.82) is 0 Å². The number of carbonyl (C=O) groups is 1. The van der Waals surface area contributed by atoms with Gasteiger partial charge < -0.3 is 10.1 Å². The molecule has 13 heavy (non-hydrogen) atoms. The molecule has 0 aromatic carbocycles. The van der Waals surface area contributed by atoms with Gasteiger partial charge in [0.25, 0.3) is 11.7 Å². The summed E-state index contributed by atoms with van der Waals surface area (Å²) in [4.78, 5) is 11.2. The van der Waals surface area contributed by atoms with Gasteiger partial charge >= 0.3 is 0 Å². The number of H-pyrrole nitrogens is 1. The van der Waals surface area contributed by atoms with Crippen molar-refractivity contribution in [2.45, 2.75) is 13.0 Å². The minimum Gasteiger partial charge on any atom is -0.380 e. The van der Waals surface area contributed by atoms with Gasteiger partial charge in [-0.15, -0.1) is 10.2 Å². The molecule has 0 spiro atoms. The number of aromatic amines is 1. The van der Waals surface area contributed by atoms with Crippen LogP contribution >= 0.6 is 0 Å². The first-order valence-electron chi connectivity index (χ1n) is 3.78. The van der Waals surface area contributed by atoms with Crippen LogP contribution in [0.15, 0.2) is 0 Å². The molecule has 0 aliphatic rings. The van der Waals surface area contributed by atoms with Crippen LogP contribution in [0.2, 0.25) is 0 Å². The van der Waals surface area contributed by atoms with Gasteiger partial charge in [0, 0.05) is 13.7 Å². The maximum Gasteiger partial charge on any atom is 0.292 e. The van der Waals surface area contributed by atoms with Crippen molar-refractivity contribution in [3.63, 3.8) is 0 Å². The third-order valence-corrected chi connectivity index (χ3v) is 1.50. The number of carbonyl (C=O) groups excluding carboxylic acids is 1. The highest BCUT2D eigenvalue weighted by molar-refractivity contribution is 5.89. The number of hydrogen-bond acceptors (Lipinski definition) is 5. The van der Waals surface area contributed by atoms with Crippen LogP contribution in [0.25, 0.3) is 0 Å². The summed E-state index contributed by atoms with van der Waals surface area (Å²) in [6.45, 7) is 2.26. The van der Waals surface area contributed by atoms with Crippen molar-refractivity contribution >= 4 is 5.91 Å². The summed E-state index contributed by atoms with van der Waals surface area (Å²) in [5.41, 5.74) is 0. The zero-order chi connectivity index (χ0) is 9.68. The average Bonchev–Trinajstić information content (AvgIpc) is 2.66. The molecule has 72 valence electrons. The third-order valence-electron chi connectivity index (χ3n) is 1.50. The van der Waals surface area contributed by atoms with Crippen LogP contribution in [0.1, 0.15) is 17.5 Å².